The first-order valence-corrected chi connectivity index (χ1v) is 16.7. The lowest BCUT2D eigenvalue weighted by atomic mass is 9.87. The van der Waals surface area contributed by atoms with Crippen LogP contribution in [0.2, 0.25) is 30.1 Å². The van der Waals surface area contributed by atoms with Gasteiger partial charge in [0.2, 0.25) is 0 Å². The third-order valence-corrected chi connectivity index (χ3v) is 10.7. The van der Waals surface area contributed by atoms with E-state index in [2.05, 4.69) is 13.8 Å². The summed E-state index contributed by atoms with van der Waals surface area (Å²) in [5.41, 5.74) is -1.61. The van der Waals surface area contributed by atoms with Crippen LogP contribution in [0.4, 0.5) is 0 Å². The quantitative estimate of drug-likeness (QED) is 0.102. The minimum Gasteiger partial charge on any atom is -0.461 e. The molecule has 250 valence electrons. The third kappa shape index (κ3) is 8.01. The zero-order valence-corrected chi connectivity index (χ0v) is 30.4. The summed E-state index contributed by atoms with van der Waals surface area (Å²) in [7, 11) is 0. The van der Waals surface area contributed by atoms with Crippen molar-refractivity contribution < 1.29 is 38.1 Å². The highest BCUT2D eigenvalue weighted by Crippen LogP contribution is 2.52. The van der Waals surface area contributed by atoms with Gasteiger partial charge < -0.3 is 18.9 Å². The van der Waals surface area contributed by atoms with E-state index < -0.39 is 46.5 Å². The van der Waals surface area contributed by atoms with E-state index >= 15 is 0 Å². The van der Waals surface area contributed by atoms with Crippen molar-refractivity contribution in [2.24, 2.45) is 34.5 Å². The van der Waals surface area contributed by atoms with Gasteiger partial charge in [-0.3, -0.25) is 0 Å². The zero-order valence-electron chi connectivity index (χ0n) is 25.8. The fraction of sp³-hybridized carbons (Fsp3) is 0.500. The number of carbonyl (C=O) groups is 4. The Bertz CT molecular complexity index is 1490. The van der Waals surface area contributed by atoms with Gasteiger partial charge in [0.05, 0.1) is 43.3 Å². The van der Waals surface area contributed by atoms with Crippen molar-refractivity contribution in [1.29, 1.82) is 0 Å². The van der Waals surface area contributed by atoms with E-state index in [-0.39, 0.29) is 54.2 Å². The van der Waals surface area contributed by atoms with Crippen molar-refractivity contribution >= 4 is 93.5 Å². The van der Waals surface area contributed by atoms with E-state index in [9.17, 15) is 19.2 Å². The molecular formula is C32H32Cl6O8. The number of rotatable bonds is 10. The van der Waals surface area contributed by atoms with Crippen molar-refractivity contribution in [3.63, 3.8) is 0 Å². The van der Waals surface area contributed by atoms with Gasteiger partial charge in [-0.25, -0.2) is 19.2 Å². The summed E-state index contributed by atoms with van der Waals surface area (Å²) in [6.45, 7) is 12.1. The highest BCUT2D eigenvalue weighted by molar-refractivity contribution is 6.47. The summed E-state index contributed by atoms with van der Waals surface area (Å²) in [5.74, 6) is -4.73. The van der Waals surface area contributed by atoms with Crippen LogP contribution in [-0.2, 0) is 19.1 Å². The van der Waals surface area contributed by atoms with Gasteiger partial charge in [0.1, 0.15) is 11.1 Å². The van der Waals surface area contributed by atoms with Crippen LogP contribution >= 0.6 is 69.6 Å². The molecule has 0 N–H and O–H groups in total. The lowest BCUT2D eigenvalue weighted by molar-refractivity contribution is -0.156. The van der Waals surface area contributed by atoms with Crippen LogP contribution in [0.5, 0.6) is 11.5 Å². The number of hydrogen-bond acceptors (Lipinski definition) is 8. The van der Waals surface area contributed by atoms with Crippen molar-refractivity contribution in [2.75, 3.05) is 13.2 Å². The fourth-order valence-corrected chi connectivity index (χ4v) is 7.11. The molecule has 14 heteroatoms. The van der Waals surface area contributed by atoms with E-state index in [0.29, 0.717) is 23.7 Å². The summed E-state index contributed by atoms with van der Waals surface area (Å²) >= 11 is 37.5. The Morgan fingerprint density at radius 1 is 0.630 bits per heavy atom. The molecule has 8 nitrogen and oxygen atoms in total. The molecule has 2 aliphatic carbocycles. The Balaban J connectivity index is 1.55. The van der Waals surface area contributed by atoms with Crippen LogP contribution in [0.15, 0.2) is 12.1 Å². The standard InChI is InChI=1S/C32H32Cl6O8/c1-13-7-15(13)31(3,4)11-43-27(39)21-23(37)17(33)9-19(35)25(21)45-29(41)30(42)46-26-20(36)10-18(34)24(38)22(26)28(40)44-12-32(5,6)16-8-14(16)2/h9-10,13-16H,7-8,11-12H2,1-6H3. The average molecular weight is 757 g/mol. The molecule has 0 amide bonds. The predicted molar refractivity (Wildman–Crippen MR) is 177 cm³/mol. The van der Waals surface area contributed by atoms with Crippen LogP contribution in [-0.4, -0.2) is 37.1 Å². The van der Waals surface area contributed by atoms with Crippen molar-refractivity contribution in [2.45, 2.75) is 54.4 Å². The van der Waals surface area contributed by atoms with E-state index in [1.807, 2.05) is 27.7 Å². The maximum absolute atomic E-state index is 13.2. The predicted octanol–water partition coefficient (Wildman–Crippen LogP) is 9.80. The molecule has 0 spiro atoms. The molecule has 2 fully saturated rings. The highest BCUT2D eigenvalue weighted by Gasteiger charge is 2.46. The monoisotopic (exact) mass is 754 g/mol. The number of hydrogen-bond donors (Lipinski definition) is 0. The normalized spacial score (nSPS) is 20.5. The number of halogens is 6. The van der Waals surface area contributed by atoms with E-state index in [4.69, 9.17) is 88.6 Å². The molecule has 46 heavy (non-hydrogen) atoms. The minimum absolute atomic E-state index is 0.0301. The van der Waals surface area contributed by atoms with Crippen LogP contribution in [0.3, 0.4) is 0 Å². The van der Waals surface area contributed by atoms with Crippen LogP contribution in [0.1, 0.15) is 75.1 Å². The molecule has 2 aliphatic rings. The largest absolute Gasteiger partial charge is 0.461 e. The second kappa shape index (κ2) is 13.9. The van der Waals surface area contributed by atoms with Crippen LogP contribution in [0, 0.1) is 34.5 Å². The highest BCUT2D eigenvalue weighted by atomic mass is 35.5. The van der Waals surface area contributed by atoms with Crippen LogP contribution in [0.25, 0.3) is 0 Å². The topological polar surface area (TPSA) is 105 Å². The number of benzene rings is 2. The van der Waals surface area contributed by atoms with Gasteiger partial charge in [-0.2, -0.15) is 0 Å². The molecule has 2 saturated carbocycles. The molecule has 0 heterocycles. The van der Waals surface area contributed by atoms with Gasteiger partial charge in [-0.15, -0.1) is 0 Å². The van der Waals surface area contributed by atoms with E-state index in [1.165, 1.54) is 0 Å². The summed E-state index contributed by atoms with van der Waals surface area (Å²) in [6, 6.07) is 2.25. The Labute approximate surface area is 297 Å². The fourth-order valence-electron chi connectivity index (χ4n) is 5.67. The van der Waals surface area contributed by atoms with Gasteiger partial charge in [0, 0.05) is 10.8 Å². The molecular weight excluding hydrogens is 725 g/mol. The molecule has 0 radical (unpaired) electrons. The molecule has 0 aliphatic heterocycles. The first-order chi connectivity index (χ1) is 21.3. The minimum atomic E-state index is -1.65. The maximum atomic E-state index is 13.2. The molecule has 0 bridgehead atoms. The lowest BCUT2D eigenvalue weighted by Crippen LogP contribution is -2.29. The summed E-state index contributed by atoms with van der Waals surface area (Å²) in [4.78, 5) is 52.4. The average Bonchev–Trinajstić information content (AvgIpc) is 3.89. The molecule has 2 aromatic rings. The Morgan fingerprint density at radius 3 is 1.22 bits per heavy atom. The Kier molecular flexibility index (Phi) is 11.1. The van der Waals surface area contributed by atoms with Gasteiger partial charge in [0.15, 0.2) is 11.5 Å². The van der Waals surface area contributed by atoms with Crippen molar-refractivity contribution in [1.82, 2.24) is 0 Å². The molecule has 4 unspecified atom stereocenters. The Morgan fingerprint density at radius 2 is 0.935 bits per heavy atom. The van der Waals surface area contributed by atoms with Crippen molar-refractivity contribution in [3.05, 3.63) is 53.4 Å². The smallest absolute Gasteiger partial charge is 0.423 e. The maximum Gasteiger partial charge on any atom is 0.423 e. The van der Waals surface area contributed by atoms with Gasteiger partial charge in [-0.1, -0.05) is 111 Å². The van der Waals surface area contributed by atoms with Crippen LogP contribution < -0.4 is 9.47 Å². The zero-order chi connectivity index (χ0) is 34.5. The second-order valence-corrected chi connectivity index (χ2v) is 15.6. The summed E-state index contributed by atoms with van der Waals surface area (Å²) in [5, 5.41) is -1.51. The second-order valence-electron chi connectivity index (χ2n) is 13.3. The molecule has 4 atom stereocenters. The Hall–Kier alpha value is -1.94. The van der Waals surface area contributed by atoms with E-state index in [1.54, 1.807) is 0 Å². The third-order valence-electron chi connectivity index (χ3n) is 8.59. The van der Waals surface area contributed by atoms with E-state index in [0.717, 1.165) is 25.0 Å². The number of ether oxygens (including phenoxy) is 4. The van der Waals surface area contributed by atoms with Crippen molar-refractivity contribution in [3.8, 4) is 11.5 Å². The number of carbonyl (C=O) groups excluding carboxylic acids is 4. The molecule has 0 aromatic heterocycles. The summed E-state index contributed by atoms with van der Waals surface area (Å²) in [6.07, 6.45) is 2.00. The summed E-state index contributed by atoms with van der Waals surface area (Å²) < 4.78 is 21.4. The lowest BCUT2D eigenvalue weighted by Gasteiger charge is -2.25. The molecule has 0 saturated heterocycles. The van der Waals surface area contributed by atoms with Gasteiger partial charge in [0.25, 0.3) is 0 Å². The van der Waals surface area contributed by atoms with Gasteiger partial charge >= 0.3 is 23.9 Å². The molecule has 2 aromatic carbocycles. The first-order valence-electron chi connectivity index (χ1n) is 14.4. The first kappa shape index (κ1) is 36.9. The SMILES string of the molecule is CC1CC1C(C)(C)COC(=O)c1c(Cl)c(Cl)cc(Cl)c1OC(=O)C(=O)Oc1c(Cl)cc(Cl)c(Cl)c1C(=O)OCC(C)(C)C1CC1C. The number of esters is 4. The van der Waals surface area contributed by atoms with Gasteiger partial charge in [-0.05, 0) is 48.6 Å². The molecule has 4 rings (SSSR count).